The van der Waals surface area contributed by atoms with Crippen LogP contribution in [0, 0.1) is 25.7 Å². The number of rotatable bonds is 2. The van der Waals surface area contributed by atoms with Gasteiger partial charge in [-0.15, -0.1) is 0 Å². The van der Waals surface area contributed by atoms with E-state index in [-0.39, 0.29) is 0 Å². The molecule has 4 atom stereocenters. The molecule has 3 heteroatoms. The molecule has 22 heavy (non-hydrogen) atoms. The minimum atomic E-state index is 0.653. The lowest BCUT2D eigenvalue weighted by atomic mass is 9.92. The zero-order chi connectivity index (χ0) is 15.3. The van der Waals surface area contributed by atoms with Gasteiger partial charge in [0, 0.05) is 37.9 Å². The number of nitrogens with zero attached hydrogens (tertiary/aromatic N) is 3. The van der Waals surface area contributed by atoms with Gasteiger partial charge < -0.3 is 4.90 Å². The number of aromatic nitrogens is 1. The maximum Gasteiger partial charge on any atom is 0.131 e. The van der Waals surface area contributed by atoms with E-state index in [9.17, 15) is 0 Å². The molecule has 0 aromatic carbocycles. The molecule has 1 aromatic heterocycles. The molecule has 2 heterocycles. The first-order chi connectivity index (χ1) is 10.6. The first-order valence-corrected chi connectivity index (χ1v) is 9.05. The van der Waals surface area contributed by atoms with Gasteiger partial charge in [-0.3, -0.25) is 4.90 Å². The predicted octanol–water partition coefficient (Wildman–Crippen LogP) is 3.40. The van der Waals surface area contributed by atoms with Crippen LogP contribution in [-0.4, -0.2) is 41.6 Å². The minimum absolute atomic E-state index is 0.653. The topological polar surface area (TPSA) is 19.4 Å². The Morgan fingerprint density at radius 3 is 2.64 bits per heavy atom. The van der Waals surface area contributed by atoms with Crippen LogP contribution in [-0.2, 0) is 0 Å². The van der Waals surface area contributed by atoms with Crippen molar-refractivity contribution in [3.8, 4) is 0 Å². The van der Waals surface area contributed by atoms with E-state index >= 15 is 0 Å². The first-order valence-electron chi connectivity index (χ1n) is 9.05. The maximum absolute atomic E-state index is 4.70. The Morgan fingerprint density at radius 1 is 1.14 bits per heavy atom. The lowest BCUT2D eigenvalue weighted by molar-refractivity contribution is 0.0899. The summed E-state index contributed by atoms with van der Waals surface area (Å²) in [5, 5.41) is 0. The van der Waals surface area contributed by atoms with E-state index < -0.39 is 0 Å². The molecule has 3 nitrogen and oxygen atoms in total. The molecule has 2 saturated carbocycles. The van der Waals surface area contributed by atoms with Crippen LogP contribution in [0.4, 0.5) is 5.82 Å². The summed E-state index contributed by atoms with van der Waals surface area (Å²) in [6.07, 6.45) is 7.98. The monoisotopic (exact) mass is 299 g/mol. The summed E-state index contributed by atoms with van der Waals surface area (Å²) < 4.78 is 0. The van der Waals surface area contributed by atoms with E-state index in [0.29, 0.717) is 6.04 Å². The molecule has 2 bridgehead atoms. The van der Waals surface area contributed by atoms with Gasteiger partial charge in [0.25, 0.3) is 0 Å². The number of anilines is 1. The molecule has 120 valence electrons. The Bertz CT molecular complexity index is 556. The van der Waals surface area contributed by atoms with Crippen LogP contribution in [0.3, 0.4) is 0 Å². The molecule has 1 aromatic rings. The van der Waals surface area contributed by atoms with Crippen LogP contribution in [0.15, 0.2) is 12.3 Å². The van der Waals surface area contributed by atoms with Crippen molar-refractivity contribution >= 4 is 5.82 Å². The van der Waals surface area contributed by atoms with Crippen molar-refractivity contribution in [3.05, 3.63) is 23.4 Å². The highest BCUT2D eigenvalue weighted by molar-refractivity contribution is 5.47. The minimum Gasteiger partial charge on any atom is -0.354 e. The van der Waals surface area contributed by atoms with Gasteiger partial charge in [-0.25, -0.2) is 4.98 Å². The predicted molar refractivity (Wildman–Crippen MR) is 91.3 cm³/mol. The summed E-state index contributed by atoms with van der Waals surface area (Å²) in [6, 6.07) is 3.79. The Hall–Kier alpha value is -1.09. The Balaban J connectivity index is 1.46. The third-order valence-corrected chi connectivity index (χ3v) is 6.29. The normalized spacial score (nSPS) is 35.3. The fraction of sp³-hybridized carbons (Fsp3) is 0.737. The van der Waals surface area contributed by atoms with Crippen molar-refractivity contribution < 1.29 is 0 Å². The van der Waals surface area contributed by atoms with Crippen molar-refractivity contribution in [1.82, 2.24) is 9.88 Å². The largest absolute Gasteiger partial charge is 0.354 e. The fourth-order valence-electron chi connectivity index (χ4n) is 5.31. The highest BCUT2D eigenvalue weighted by atomic mass is 15.3. The molecule has 0 amide bonds. The molecule has 0 unspecified atom stereocenters. The molecule has 0 radical (unpaired) electrons. The zero-order valence-electron chi connectivity index (χ0n) is 14.3. The van der Waals surface area contributed by atoms with Gasteiger partial charge in [-0.2, -0.15) is 0 Å². The van der Waals surface area contributed by atoms with Gasteiger partial charge in [0.2, 0.25) is 0 Å². The van der Waals surface area contributed by atoms with Crippen molar-refractivity contribution in [1.29, 1.82) is 0 Å². The van der Waals surface area contributed by atoms with Crippen molar-refractivity contribution in [3.63, 3.8) is 0 Å². The van der Waals surface area contributed by atoms with Gasteiger partial charge >= 0.3 is 0 Å². The number of piperazine rings is 1. The second kappa shape index (κ2) is 5.52. The molecule has 0 N–H and O–H groups in total. The summed E-state index contributed by atoms with van der Waals surface area (Å²) in [6.45, 7) is 10.2. The highest BCUT2D eigenvalue weighted by Gasteiger charge is 2.44. The van der Waals surface area contributed by atoms with E-state index in [1.54, 1.807) is 0 Å². The number of aryl methyl sites for hydroxylation is 2. The summed E-state index contributed by atoms with van der Waals surface area (Å²) in [5.41, 5.74) is 2.58. The van der Waals surface area contributed by atoms with Crippen LogP contribution in [0.5, 0.6) is 0 Å². The first kappa shape index (κ1) is 14.5. The molecular weight excluding hydrogens is 270 g/mol. The number of fused-ring (bicyclic) bond motifs is 2. The van der Waals surface area contributed by atoms with Crippen LogP contribution in [0.2, 0.25) is 0 Å². The number of hydrogen-bond donors (Lipinski definition) is 0. The summed E-state index contributed by atoms with van der Waals surface area (Å²) in [7, 11) is 0. The highest BCUT2D eigenvalue weighted by Crippen LogP contribution is 2.47. The molecule has 1 saturated heterocycles. The van der Waals surface area contributed by atoms with Gasteiger partial charge in [-0.05, 0) is 63.0 Å². The molecule has 0 spiro atoms. The Morgan fingerprint density at radius 2 is 2.00 bits per heavy atom. The smallest absolute Gasteiger partial charge is 0.131 e. The molecular formula is C19H29N3. The molecule has 4 rings (SSSR count). The second-order valence-electron chi connectivity index (χ2n) is 7.93. The van der Waals surface area contributed by atoms with Crippen molar-refractivity contribution in [2.75, 3.05) is 24.5 Å². The van der Waals surface area contributed by atoms with E-state index in [1.807, 2.05) is 6.20 Å². The summed E-state index contributed by atoms with van der Waals surface area (Å²) >= 11 is 0. The van der Waals surface area contributed by atoms with Crippen LogP contribution >= 0.6 is 0 Å². The van der Waals surface area contributed by atoms with Crippen molar-refractivity contribution in [2.24, 2.45) is 11.8 Å². The second-order valence-corrected chi connectivity index (χ2v) is 7.93. The van der Waals surface area contributed by atoms with E-state index in [1.165, 1.54) is 49.2 Å². The van der Waals surface area contributed by atoms with E-state index in [2.05, 4.69) is 36.6 Å². The van der Waals surface area contributed by atoms with Gasteiger partial charge in [0.1, 0.15) is 5.82 Å². The average Bonchev–Trinajstić information content (AvgIpc) is 3.10. The SMILES string of the molecule is Cc1cnc(N2CCN([C@H]3C[C@@H]4CC[C@H]3C4)[C@@H](C)C2)c(C)c1. The van der Waals surface area contributed by atoms with Gasteiger partial charge in [-0.1, -0.05) is 12.5 Å². The van der Waals surface area contributed by atoms with Crippen LogP contribution in [0.1, 0.15) is 43.7 Å². The standard InChI is InChI=1S/C19H29N3/c1-13-8-14(2)19(20-11-13)21-6-7-22(15(3)12-21)18-10-16-4-5-17(18)9-16/h8,11,15-18H,4-7,9-10,12H2,1-3H3/t15-,16+,17-,18-/m0/s1. The Labute approximate surface area is 134 Å². The van der Waals surface area contributed by atoms with Crippen LogP contribution in [0.25, 0.3) is 0 Å². The average molecular weight is 299 g/mol. The number of hydrogen-bond acceptors (Lipinski definition) is 3. The van der Waals surface area contributed by atoms with Crippen LogP contribution < -0.4 is 4.90 Å². The van der Waals surface area contributed by atoms with E-state index in [4.69, 9.17) is 4.98 Å². The summed E-state index contributed by atoms with van der Waals surface area (Å²) in [5.74, 6) is 3.24. The Kier molecular flexibility index (Phi) is 3.64. The fourth-order valence-corrected chi connectivity index (χ4v) is 5.31. The van der Waals surface area contributed by atoms with Crippen molar-refractivity contribution in [2.45, 2.75) is 58.5 Å². The zero-order valence-corrected chi connectivity index (χ0v) is 14.3. The third kappa shape index (κ3) is 2.44. The molecule has 2 aliphatic carbocycles. The van der Waals surface area contributed by atoms with Gasteiger partial charge in [0.15, 0.2) is 0 Å². The molecule has 3 fully saturated rings. The number of pyridine rings is 1. The molecule has 3 aliphatic rings. The van der Waals surface area contributed by atoms with E-state index in [0.717, 1.165) is 31.0 Å². The lowest BCUT2D eigenvalue weighted by Gasteiger charge is -2.46. The quantitative estimate of drug-likeness (QED) is 0.834. The third-order valence-electron chi connectivity index (χ3n) is 6.29. The maximum atomic E-state index is 4.70. The van der Waals surface area contributed by atoms with Gasteiger partial charge in [0.05, 0.1) is 0 Å². The summed E-state index contributed by atoms with van der Waals surface area (Å²) in [4.78, 5) is 10.0. The lowest BCUT2D eigenvalue weighted by Crippen LogP contribution is -2.56. The molecule has 1 aliphatic heterocycles.